The molecule has 2 atom stereocenters. The van der Waals surface area contributed by atoms with E-state index in [1.807, 2.05) is 22.6 Å². The number of halogens is 3. The van der Waals surface area contributed by atoms with Crippen LogP contribution in [-0.2, 0) is 0 Å². The van der Waals surface area contributed by atoms with E-state index >= 15 is 4.39 Å². The minimum atomic E-state index is -0.801. The van der Waals surface area contributed by atoms with Gasteiger partial charge in [-0.15, -0.1) is 0 Å². The van der Waals surface area contributed by atoms with Crippen LogP contribution in [0.5, 0.6) is 0 Å². The summed E-state index contributed by atoms with van der Waals surface area (Å²) in [6.45, 7) is 1.07. The van der Waals surface area contributed by atoms with Crippen LogP contribution < -0.4 is 5.32 Å². The SMILES string of the molecule is CN1CC(NC(=O)c2cc(F)ccc2F)C[C@@H](n2c(-c3ccccc3F)nc3cnc(-c4ncn[nH]4)cc32)C1. The highest BCUT2D eigenvalue weighted by molar-refractivity contribution is 5.94. The molecule has 0 radical (unpaired) electrons. The second kappa shape index (κ2) is 9.95. The monoisotopic (exact) mass is 532 g/mol. The molecule has 1 fully saturated rings. The van der Waals surface area contributed by atoms with Gasteiger partial charge < -0.3 is 14.8 Å². The Balaban J connectivity index is 1.41. The van der Waals surface area contributed by atoms with Crippen molar-refractivity contribution in [3.8, 4) is 22.9 Å². The zero-order valence-electron chi connectivity index (χ0n) is 20.8. The third-order valence-electron chi connectivity index (χ3n) is 6.83. The van der Waals surface area contributed by atoms with Gasteiger partial charge in [0.1, 0.15) is 40.8 Å². The number of hydrogen-bond acceptors (Lipinski definition) is 6. The number of piperidine rings is 1. The summed E-state index contributed by atoms with van der Waals surface area (Å²) >= 11 is 0. The van der Waals surface area contributed by atoms with E-state index in [1.165, 1.54) is 12.4 Å². The molecule has 1 aliphatic heterocycles. The molecule has 1 aliphatic rings. The Morgan fingerprint density at radius 3 is 2.69 bits per heavy atom. The van der Waals surface area contributed by atoms with Gasteiger partial charge in [-0.3, -0.25) is 14.9 Å². The van der Waals surface area contributed by atoms with Gasteiger partial charge in [0, 0.05) is 19.1 Å². The minimum Gasteiger partial charge on any atom is -0.348 e. The molecular formula is C27H23F3N8O. The first kappa shape index (κ1) is 24.7. The molecule has 3 aromatic heterocycles. The van der Waals surface area contributed by atoms with E-state index in [1.54, 1.807) is 24.4 Å². The number of carbonyl (C=O) groups excluding carboxylic acids is 1. The standard InChI is InChI=1S/C27H23F3N8O/c1-37-12-16(34-27(39)19-8-15(28)6-7-21(19)30)9-17(13-37)38-24-10-22(25-32-14-33-36-25)31-11-23(24)35-26(38)18-4-2-3-5-20(18)29/h2-8,10-11,14,16-17H,9,12-13H2,1H3,(H,34,39)(H,32,33,36)/t16?,17-/m1/s1. The van der Waals surface area contributed by atoms with Crippen molar-refractivity contribution < 1.29 is 18.0 Å². The molecule has 0 saturated carbocycles. The van der Waals surface area contributed by atoms with Crippen LogP contribution in [0.4, 0.5) is 13.2 Å². The van der Waals surface area contributed by atoms with Crippen LogP contribution in [-0.4, -0.2) is 66.7 Å². The summed E-state index contributed by atoms with van der Waals surface area (Å²) in [7, 11) is 1.90. The number of H-pyrrole nitrogens is 1. The third kappa shape index (κ3) is 4.74. The number of imidazole rings is 1. The average molecular weight is 533 g/mol. The maximum absolute atomic E-state index is 15.0. The fraction of sp³-hybridized carbons (Fsp3) is 0.222. The Bertz CT molecular complexity index is 1670. The number of pyridine rings is 1. The molecule has 12 heteroatoms. The number of hydrogen-bond donors (Lipinski definition) is 2. The predicted octanol–water partition coefficient (Wildman–Crippen LogP) is 3.98. The summed E-state index contributed by atoms with van der Waals surface area (Å²) in [6.07, 6.45) is 3.43. The first-order chi connectivity index (χ1) is 18.9. The van der Waals surface area contributed by atoms with Crippen LogP contribution in [0.2, 0.25) is 0 Å². The second-order valence-corrected chi connectivity index (χ2v) is 9.58. The molecule has 0 aliphatic carbocycles. The van der Waals surface area contributed by atoms with Crippen molar-refractivity contribution in [2.24, 2.45) is 0 Å². The van der Waals surface area contributed by atoms with Crippen molar-refractivity contribution in [1.29, 1.82) is 0 Å². The lowest BCUT2D eigenvalue weighted by Gasteiger charge is -2.37. The summed E-state index contributed by atoms with van der Waals surface area (Å²) in [6, 6.07) is 10.3. The molecule has 1 saturated heterocycles. The average Bonchev–Trinajstić information content (AvgIpc) is 3.58. The van der Waals surface area contributed by atoms with Crippen molar-refractivity contribution in [1.82, 2.24) is 39.9 Å². The van der Waals surface area contributed by atoms with E-state index < -0.39 is 29.4 Å². The Labute approximate surface area is 220 Å². The molecule has 5 aromatic rings. The molecule has 9 nitrogen and oxygen atoms in total. The molecule has 2 aromatic carbocycles. The van der Waals surface area contributed by atoms with Gasteiger partial charge in [0.15, 0.2) is 5.82 Å². The minimum absolute atomic E-state index is 0.254. The number of amides is 1. The van der Waals surface area contributed by atoms with Gasteiger partial charge in [-0.1, -0.05) is 12.1 Å². The molecule has 4 heterocycles. The number of likely N-dealkylation sites (N-methyl/N-ethyl adjacent to an activating group) is 1. The normalized spacial score (nSPS) is 17.9. The molecule has 1 amide bonds. The van der Waals surface area contributed by atoms with Gasteiger partial charge in [-0.25, -0.2) is 23.1 Å². The quantitative estimate of drug-likeness (QED) is 0.355. The van der Waals surface area contributed by atoms with Gasteiger partial charge >= 0.3 is 0 Å². The summed E-state index contributed by atoms with van der Waals surface area (Å²) in [5.41, 5.74) is 1.77. The van der Waals surface area contributed by atoms with Gasteiger partial charge in [0.25, 0.3) is 5.91 Å². The van der Waals surface area contributed by atoms with Crippen molar-refractivity contribution in [2.45, 2.75) is 18.5 Å². The molecule has 1 unspecified atom stereocenters. The predicted molar refractivity (Wildman–Crippen MR) is 137 cm³/mol. The van der Waals surface area contributed by atoms with Crippen LogP contribution in [0.1, 0.15) is 22.8 Å². The number of nitrogens with one attached hydrogen (secondary N) is 2. The number of rotatable bonds is 5. The van der Waals surface area contributed by atoms with Crippen LogP contribution in [0, 0.1) is 17.5 Å². The topological polar surface area (TPSA) is 105 Å². The van der Waals surface area contributed by atoms with Crippen LogP contribution in [0.3, 0.4) is 0 Å². The fourth-order valence-electron chi connectivity index (χ4n) is 5.17. The lowest BCUT2D eigenvalue weighted by molar-refractivity contribution is 0.0889. The molecule has 0 spiro atoms. The first-order valence-corrected chi connectivity index (χ1v) is 12.3. The van der Waals surface area contributed by atoms with E-state index in [9.17, 15) is 13.6 Å². The maximum atomic E-state index is 15.0. The highest BCUT2D eigenvalue weighted by atomic mass is 19.1. The Hall–Kier alpha value is -4.58. The summed E-state index contributed by atoms with van der Waals surface area (Å²) in [4.78, 5) is 28.3. The zero-order valence-corrected chi connectivity index (χ0v) is 20.8. The summed E-state index contributed by atoms with van der Waals surface area (Å²) in [5.74, 6) is -1.73. The Kier molecular flexibility index (Phi) is 6.31. The number of benzene rings is 2. The summed E-state index contributed by atoms with van der Waals surface area (Å²) < 4.78 is 44.9. The summed E-state index contributed by atoms with van der Waals surface area (Å²) in [5, 5.41) is 9.54. The zero-order chi connectivity index (χ0) is 27.1. The fourth-order valence-corrected chi connectivity index (χ4v) is 5.17. The van der Waals surface area contributed by atoms with E-state index in [-0.39, 0.29) is 11.6 Å². The van der Waals surface area contributed by atoms with Gasteiger partial charge in [-0.05, 0) is 49.9 Å². The van der Waals surface area contributed by atoms with Crippen LogP contribution >= 0.6 is 0 Å². The highest BCUT2D eigenvalue weighted by Gasteiger charge is 2.32. The Morgan fingerprint density at radius 2 is 1.90 bits per heavy atom. The number of aromatic amines is 1. The molecule has 0 bridgehead atoms. The Morgan fingerprint density at radius 1 is 1.05 bits per heavy atom. The van der Waals surface area contributed by atoms with Crippen LogP contribution in [0.25, 0.3) is 33.9 Å². The van der Waals surface area contributed by atoms with Gasteiger partial charge in [0.2, 0.25) is 0 Å². The molecule has 39 heavy (non-hydrogen) atoms. The number of aromatic nitrogens is 6. The highest BCUT2D eigenvalue weighted by Crippen LogP contribution is 2.34. The van der Waals surface area contributed by atoms with Crippen molar-refractivity contribution in [3.63, 3.8) is 0 Å². The van der Waals surface area contributed by atoms with E-state index in [0.717, 1.165) is 18.2 Å². The van der Waals surface area contributed by atoms with Gasteiger partial charge in [-0.2, -0.15) is 5.10 Å². The third-order valence-corrected chi connectivity index (χ3v) is 6.83. The lowest BCUT2D eigenvalue weighted by Crippen LogP contribution is -2.50. The largest absolute Gasteiger partial charge is 0.348 e. The maximum Gasteiger partial charge on any atom is 0.254 e. The number of carbonyl (C=O) groups is 1. The van der Waals surface area contributed by atoms with E-state index in [4.69, 9.17) is 4.98 Å². The van der Waals surface area contributed by atoms with Gasteiger partial charge in [0.05, 0.1) is 28.9 Å². The smallest absolute Gasteiger partial charge is 0.254 e. The molecular weight excluding hydrogens is 509 g/mol. The molecule has 2 N–H and O–H groups in total. The number of likely N-dealkylation sites (tertiary alicyclic amines) is 1. The van der Waals surface area contributed by atoms with Crippen molar-refractivity contribution >= 4 is 16.9 Å². The second-order valence-electron chi connectivity index (χ2n) is 9.58. The van der Waals surface area contributed by atoms with Crippen LogP contribution in [0.15, 0.2) is 61.1 Å². The number of fused-ring (bicyclic) bond motifs is 1. The number of nitrogens with zero attached hydrogens (tertiary/aromatic N) is 6. The molecule has 198 valence electrons. The molecule has 6 rings (SSSR count). The van der Waals surface area contributed by atoms with E-state index in [0.29, 0.717) is 53.4 Å². The van der Waals surface area contributed by atoms with E-state index in [2.05, 4.69) is 25.5 Å². The first-order valence-electron chi connectivity index (χ1n) is 12.3. The van der Waals surface area contributed by atoms with Crippen molar-refractivity contribution in [2.75, 3.05) is 20.1 Å². The van der Waals surface area contributed by atoms with Crippen molar-refractivity contribution in [3.05, 3.63) is 84.1 Å². The lowest BCUT2D eigenvalue weighted by atomic mass is 9.99.